The van der Waals surface area contributed by atoms with Crippen LogP contribution in [0.4, 0.5) is 0 Å². The van der Waals surface area contributed by atoms with E-state index in [1.54, 1.807) is 0 Å². The van der Waals surface area contributed by atoms with E-state index in [2.05, 4.69) is 42.9 Å². The molecular weight excluding hydrogens is 168 g/mol. The van der Waals surface area contributed by atoms with E-state index >= 15 is 0 Å². The standard InChI is InChI=1S/C9H20N2S/c1-4-10-8(2)9-7-12-6-5-11(9)3/h8-10H,4-7H2,1-3H3. The van der Waals surface area contributed by atoms with Crippen molar-refractivity contribution in [2.75, 3.05) is 31.6 Å². The first-order chi connectivity index (χ1) is 5.75. The zero-order chi connectivity index (χ0) is 8.97. The van der Waals surface area contributed by atoms with Gasteiger partial charge in [0.05, 0.1) is 0 Å². The van der Waals surface area contributed by atoms with E-state index in [9.17, 15) is 0 Å². The summed E-state index contributed by atoms with van der Waals surface area (Å²) in [5.74, 6) is 2.58. The van der Waals surface area contributed by atoms with Gasteiger partial charge in [-0.2, -0.15) is 11.8 Å². The molecule has 0 radical (unpaired) electrons. The highest BCUT2D eigenvalue weighted by atomic mass is 32.2. The summed E-state index contributed by atoms with van der Waals surface area (Å²) in [4.78, 5) is 2.48. The Morgan fingerprint density at radius 3 is 3.00 bits per heavy atom. The normalized spacial score (nSPS) is 28.8. The number of thioether (sulfide) groups is 1. The van der Waals surface area contributed by atoms with Gasteiger partial charge in [0.15, 0.2) is 0 Å². The maximum Gasteiger partial charge on any atom is 0.0334 e. The minimum Gasteiger partial charge on any atom is -0.313 e. The molecule has 2 unspecified atom stereocenters. The molecule has 1 aliphatic rings. The van der Waals surface area contributed by atoms with Gasteiger partial charge in [-0.1, -0.05) is 6.92 Å². The molecule has 12 heavy (non-hydrogen) atoms. The molecule has 0 spiro atoms. The lowest BCUT2D eigenvalue weighted by atomic mass is 10.1. The molecule has 1 rings (SSSR count). The molecule has 0 aromatic rings. The fraction of sp³-hybridized carbons (Fsp3) is 1.00. The molecular formula is C9H20N2S. The molecule has 1 fully saturated rings. The van der Waals surface area contributed by atoms with Crippen LogP contribution in [-0.2, 0) is 0 Å². The summed E-state index contributed by atoms with van der Waals surface area (Å²) in [6, 6.07) is 1.36. The smallest absolute Gasteiger partial charge is 0.0334 e. The van der Waals surface area contributed by atoms with Gasteiger partial charge >= 0.3 is 0 Å². The summed E-state index contributed by atoms with van der Waals surface area (Å²) in [7, 11) is 2.23. The van der Waals surface area contributed by atoms with E-state index in [0.717, 1.165) is 12.6 Å². The number of hydrogen-bond acceptors (Lipinski definition) is 3. The van der Waals surface area contributed by atoms with E-state index in [1.807, 2.05) is 0 Å². The van der Waals surface area contributed by atoms with Crippen LogP contribution in [0.15, 0.2) is 0 Å². The Labute approximate surface area is 80.1 Å². The summed E-state index contributed by atoms with van der Waals surface area (Å²) in [6.45, 7) is 6.78. The van der Waals surface area contributed by atoms with Crippen molar-refractivity contribution in [2.45, 2.75) is 25.9 Å². The van der Waals surface area contributed by atoms with Gasteiger partial charge in [0, 0.05) is 30.1 Å². The summed E-state index contributed by atoms with van der Waals surface area (Å²) in [5, 5.41) is 3.49. The van der Waals surface area contributed by atoms with Crippen LogP contribution in [-0.4, -0.2) is 48.6 Å². The molecule has 2 nitrogen and oxygen atoms in total. The third-order valence-electron chi connectivity index (χ3n) is 2.55. The third kappa shape index (κ3) is 2.64. The molecule has 1 aliphatic heterocycles. The summed E-state index contributed by atoms with van der Waals surface area (Å²) in [6.07, 6.45) is 0. The lowest BCUT2D eigenvalue weighted by Crippen LogP contribution is -2.51. The van der Waals surface area contributed by atoms with E-state index in [-0.39, 0.29) is 0 Å². The molecule has 2 atom stereocenters. The number of nitrogens with one attached hydrogen (secondary N) is 1. The van der Waals surface area contributed by atoms with E-state index in [1.165, 1.54) is 18.1 Å². The van der Waals surface area contributed by atoms with Crippen molar-refractivity contribution in [1.82, 2.24) is 10.2 Å². The van der Waals surface area contributed by atoms with Gasteiger partial charge in [-0.05, 0) is 20.5 Å². The first-order valence-corrected chi connectivity index (χ1v) is 5.92. The monoisotopic (exact) mass is 188 g/mol. The fourth-order valence-electron chi connectivity index (χ4n) is 1.69. The van der Waals surface area contributed by atoms with Crippen LogP contribution >= 0.6 is 11.8 Å². The maximum absolute atomic E-state index is 3.49. The first-order valence-electron chi connectivity index (χ1n) is 4.77. The predicted octanol–water partition coefficient (Wildman–Crippen LogP) is 1.03. The molecule has 0 amide bonds. The zero-order valence-corrected chi connectivity index (χ0v) is 9.16. The summed E-state index contributed by atoms with van der Waals surface area (Å²) >= 11 is 2.08. The van der Waals surface area contributed by atoms with Crippen LogP contribution in [0.25, 0.3) is 0 Å². The first kappa shape index (κ1) is 10.4. The minimum atomic E-state index is 0.632. The molecule has 1 heterocycles. The average Bonchev–Trinajstić information content (AvgIpc) is 2.05. The topological polar surface area (TPSA) is 15.3 Å². The van der Waals surface area contributed by atoms with Gasteiger partial charge < -0.3 is 10.2 Å². The highest BCUT2D eigenvalue weighted by Gasteiger charge is 2.23. The van der Waals surface area contributed by atoms with Crippen molar-refractivity contribution in [3.63, 3.8) is 0 Å². The van der Waals surface area contributed by atoms with Crippen LogP contribution in [0, 0.1) is 0 Å². The quantitative estimate of drug-likeness (QED) is 0.712. The Balaban J connectivity index is 2.36. The predicted molar refractivity (Wildman–Crippen MR) is 56.9 cm³/mol. The molecule has 0 aromatic carbocycles. The van der Waals surface area contributed by atoms with Crippen molar-refractivity contribution in [3.05, 3.63) is 0 Å². The Morgan fingerprint density at radius 1 is 1.67 bits per heavy atom. The molecule has 0 bridgehead atoms. The summed E-state index contributed by atoms with van der Waals surface area (Å²) < 4.78 is 0. The van der Waals surface area contributed by atoms with Crippen molar-refractivity contribution in [3.8, 4) is 0 Å². The van der Waals surface area contributed by atoms with Gasteiger partial charge in [0.25, 0.3) is 0 Å². The molecule has 1 N–H and O–H groups in total. The van der Waals surface area contributed by atoms with Crippen molar-refractivity contribution in [1.29, 1.82) is 0 Å². The van der Waals surface area contributed by atoms with Crippen LogP contribution < -0.4 is 5.32 Å². The Kier molecular flexibility index (Phi) is 4.40. The number of nitrogens with zero attached hydrogens (tertiary/aromatic N) is 1. The largest absolute Gasteiger partial charge is 0.313 e. The van der Waals surface area contributed by atoms with Crippen molar-refractivity contribution < 1.29 is 0 Å². The molecule has 0 saturated carbocycles. The number of likely N-dealkylation sites (N-methyl/N-ethyl adjacent to an activating group) is 2. The molecule has 1 saturated heterocycles. The van der Waals surface area contributed by atoms with Gasteiger partial charge in [-0.3, -0.25) is 0 Å². The second-order valence-corrected chi connectivity index (χ2v) is 4.62. The van der Waals surface area contributed by atoms with Crippen LogP contribution in [0.3, 0.4) is 0 Å². The lowest BCUT2D eigenvalue weighted by Gasteiger charge is -2.36. The Hall–Kier alpha value is 0.270. The van der Waals surface area contributed by atoms with E-state index < -0.39 is 0 Å². The van der Waals surface area contributed by atoms with Crippen molar-refractivity contribution in [2.24, 2.45) is 0 Å². The highest BCUT2D eigenvalue weighted by molar-refractivity contribution is 7.99. The van der Waals surface area contributed by atoms with E-state index in [4.69, 9.17) is 0 Å². The van der Waals surface area contributed by atoms with Crippen LogP contribution in [0.1, 0.15) is 13.8 Å². The van der Waals surface area contributed by atoms with E-state index in [0.29, 0.717) is 6.04 Å². The average molecular weight is 188 g/mol. The molecule has 72 valence electrons. The highest BCUT2D eigenvalue weighted by Crippen LogP contribution is 2.16. The Morgan fingerprint density at radius 2 is 2.42 bits per heavy atom. The van der Waals surface area contributed by atoms with Gasteiger partial charge in [-0.25, -0.2) is 0 Å². The number of rotatable bonds is 3. The molecule has 0 aromatic heterocycles. The van der Waals surface area contributed by atoms with Crippen molar-refractivity contribution >= 4 is 11.8 Å². The lowest BCUT2D eigenvalue weighted by molar-refractivity contribution is 0.224. The van der Waals surface area contributed by atoms with Gasteiger partial charge in [0.1, 0.15) is 0 Å². The Bertz CT molecular complexity index is 130. The maximum atomic E-state index is 3.49. The van der Waals surface area contributed by atoms with Crippen LogP contribution in [0.5, 0.6) is 0 Å². The SMILES string of the molecule is CCNC(C)C1CSCCN1C. The summed E-state index contributed by atoms with van der Waals surface area (Å²) in [5.41, 5.74) is 0. The van der Waals surface area contributed by atoms with Gasteiger partial charge in [-0.15, -0.1) is 0 Å². The number of hydrogen-bond donors (Lipinski definition) is 1. The fourth-order valence-corrected chi connectivity index (χ4v) is 3.06. The molecule has 3 heteroatoms. The van der Waals surface area contributed by atoms with Crippen LogP contribution in [0.2, 0.25) is 0 Å². The second-order valence-electron chi connectivity index (χ2n) is 3.47. The second kappa shape index (κ2) is 5.10. The zero-order valence-electron chi connectivity index (χ0n) is 8.34. The van der Waals surface area contributed by atoms with Gasteiger partial charge in [0.2, 0.25) is 0 Å². The minimum absolute atomic E-state index is 0.632. The third-order valence-corrected chi connectivity index (χ3v) is 3.59. The molecule has 0 aliphatic carbocycles.